The molecule has 0 heterocycles. The SMILES string of the molecule is [C-]#[N+]c1cc(C)cc(Oc2c(C)ccc(OCC(=O)OCC)c2F)c1.[V]. The molecule has 0 saturated heterocycles. The van der Waals surface area contributed by atoms with Gasteiger partial charge in [0.25, 0.3) is 0 Å². The van der Waals surface area contributed by atoms with Crippen molar-refractivity contribution < 1.29 is 42.0 Å². The number of benzene rings is 2. The zero-order chi connectivity index (χ0) is 18.4. The minimum atomic E-state index is -0.713. The second kappa shape index (κ2) is 9.86. The van der Waals surface area contributed by atoms with Gasteiger partial charge in [-0.15, -0.1) is 0 Å². The molecule has 0 aromatic heterocycles. The molecule has 0 unspecified atom stereocenters. The van der Waals surface area contributed by atoms with Gasteiger partial charge in [-0.05, 0) is 44.5 Å². The summed E-state index contributed by atoms with van der Waals surface area (Å²) in [5, 5.41) is 0. The van der Waals surface area contributed by atoms with Crippen molar-refractivity contribution >= 4 is 11.7 Å². The third-order valence-electron chi connectivity index (χ3n) is 3.29. The van der Waals surface area contributed by atoms with E-state index < -0.39 is 11.8 Å². The minimum Gasteiger partial charge on any atom is -0.479 e. The standard InChI is InChI=1S/C19H18FNO4.V/c1-5-23-17(22)11-24-16-7-6-13(3)19(18(16)20)25-15-9-12(2)8-14(10-15)21-4;/h6-10H,5,11H2,1-3H3;. The van der Waals surface area contributed by atoms with Crippen LogP contribution in [0.2, 0.25) is 0 Å². The average Bonchev–Trinajstić information content (AvgIpc) is 2.57. The fourth-order valence-electron chi connectivity index (χ4n) is 2.18. The minimum absolute atomic E-state index is 0. The number of hydrogen-bond acceptors (Lipinski definition) is 4. The Morgan fingerprint density at radius 1 is 1.23 bits per heavy atom. The van der Waals surface area contributed by atoms with Crippen molar-refractivity contribution in [2.45, 2.75) is 20.8 Å². The van der Waals surface area contributed by atoms with Crippen molar-refractivity contribution in [1.82, 2.24) is 0 Å². The fraction of sp³-hybridized carbons (Fsp3) is 0.263. The summed E-state index contributed by atoms with van der Waals surface area (Å²) in [7, 11) is 0. The van der Waals surface area contributed by atoms with Gasteiger partial charge in [0.05, 0.1) is 13.2 Å². The van der Waals surface area contributed by atoms with Crippen LogP contribution in [0.15, 0.2) is 30.3 Å². The van der Waals surface area contributed by atoms with Gasteiger partial charge in [-0.25, -0.2) is 9.64 Å². The van der Waals surface area contributed by atoms with Crippen molar-refractivity contribution in [3.05, 3.63) is 58.7 Å². The first kappa shape index (κ1) is 21.6. The van der Waals surface area contributed by atoms with E-state index in [0.29, 0.717) is 17.0 Å². The topological polar surface area (TPSA) is 49.1 Å². The molecule has 0 saturated carbocycles. The Labute approximate surface area is 163 Å². The van der Waals surface area contributed by atoms with E-state index in [1.807, 2.05) is 6.92 Å². The Balaban J connectivity index is 0.00000338. The number of carbonyl (C=O) groups is 1. The molecular formula is C19H18FNO4V. The second-order valence-corrected chi connectivity index (χ2v) is 5.34. The Kier molecular flexibility index (Phi) is 8.17. The molecule has 0 aliphatic rings. The summed E-state index contributed by atoms with van der Waals surface area (Å²) in [6.07, 6.45) is 0. The first-order valence-corrected chi connectivity index (χ1v) is 7.69. The molecule has 5 nitrogen and oxygen atoms in total. The Hall–Kier alpha value is -2.49. The molecule has 2 aromatic carbocycles. The summed E-state index contributed by atoms with van der Waals surface area (Å²) in [6, 6.07) is 8.01. The quantitative estimate of drug-likeness (QED) is 0.525. The molecule has 0 atom stereocenters. The van der Waals surface area contributed by atoms with E-state index in [0.717, 1.165) is 5.56 Å². The summed E-state index contributed by atoms with van der Waals surface area (Å²) in [6.45, 7) is 12.1. The van der Waals surface area contributed by atoms with Gasteiger partial charge in [-0.3, -0.25) is 0 Å². The van der Waals surface area contributed by atoms with Crippen molar-refractivity contribution in [1.29, 1.82) is 0 Å². The molecular weight excluding hydrogens is 376 g/mol. The van der Waals surface area contributed by atoms with E-state index >= 15 is 0 Å². The molecule has 0 aliphatic heterocycles. The van der Waals surface area contributed by atoms with Crippen LogP contribution in [0, 0.1) is 26.2 Å². The van der Waals surface area contributed by atoms with Crippen LogP contribution in [0.4, 0.5) is 10.1 Å². The second-order valence-electron chi connectivity index (χ2n) is 5.34. The Bertz CT molecular complexity index is 833. The summed E-state index contributed by atoms with van der Waals surface area (Å²) in [5.74, 6) is -1.05. The fourth-order valence-corrected chi connectivity index (χ4v) is 2.18. The normalized spacial score (nSPS) is 9.65. The number of rotatable bonds is 6. The Morgan fingerprint density at radius 3 is 2.62 bits per heavy atom. The van der Waals surface area contributed by atoms with Crippen molar-refractivity contribution in [2.75, 3.05) is 13.2 Å². The predicted molar refractivity (Wildman–Crippen MR) is 90.8 cm³/mol. The average molecular weight is 394 g/mol. The number of ether oxygens (including phenoxy) is 3. The molecule has 0 fully saturated rings. The summed E-state index contributed by atoms with van der Waals surface area (Å²) in [5.41, 5.74) is 1.80. The van der Waals surface area contributed by atoms with Crippen LogP contribution in [0.1, 0.15) is 18.1 Å². The smallest absolute Gasteiger partial charge is 0.344 e. The number of aryl methyl sites for hydroxylation is 2. The summed E-state index contributed by atoms with van der Waals surface area (Å²) < 4.78 is 30.2. The Morgan fingerprint density at radius 2 is 1.96 bits per heavy atom. The van der Waals surface area contributed by atoms with Gasteiger partial charge in [0.15, 0.2) is 23.8 Å². The summed E-state index contributed by atoms with van der Waals surface area (Å²) >= 11 is 0. The van der Waals surface area contributed by atoms with E-state index in [-0.39, 0.29) is 43.3 Å². The zero-order valence-corrected chi connectivity index (χ0v) is 16.1. The van der Waals surface area contributed by atoms with Gasteiger partial charge >= 0.3 is 5.97 Å². The molecule has 0 aliphatic carbocycles. The van der Waals surface area contributed by atoms with Gasteiger partial charge in [0.1, 0.15) is 5.75 Å². The number of halogens is 1. The molecule has 2 aromatic rings. The maximum absolute atomic E-state index is 14.7. The van der Waals surface area contributed by atoms with Gasteiger partial charge in [0.2, 0.25) is 5.82 Å². The van der Waals surface area contributed by atoms with Crippen LogP contribution in [-0.2, 0) is 28.1 Å². The number of esters is 1. The maximum Gasteiger partial charge on any atom is 0.344 e. The van der Waals surface area contributed by atoms with Crippen LogP contribution in [-0.4, -0.2) is 19.2 Å². The number of carbonyl (C=O) groups excluding carboxylic acids is 1. The van der Waals surface area contributed by atoms with Crippen LogP contribution >= 0.6 is 0 Å². The first-order chi connectivity index (χ1) is 11.9. The zero-order valence-electron chi connectivity index (χ0n) is 14.7. The van der Waals surface area contributed by atoms with Gasteiger partial charge < -0.3 is 14.2 Å². The van der Waals surface area contributed by atoms with E-state index in [1.54, 1.807) is 32.0 Å². The van der Waals surface area contributed by atoms with Crippen molar-refractivity contribution in [3.8, 4) is 17.2 Å². The molecule has 26 heavy (non-hydrogen) atoms. The van der Waals surface area contributed by atoms with Crippen LogP contribution < -0.4 is 9.47 Å². The molecule has 0 amide bonds. The van der Waals surface area contributed by atoms with Crippen molar-refractivity contribution in [3.63, 3.8) is 0 Å². The third-order valence-corrected chi connectivity index (χ3v) is 3.29. The maximum atomic E-state index is 14.7. The van der Waals surface area contributed by atoms with Crippen LogP contribution in [0.25, 0.3) is 4.85 Å². The number of nitrogens with zero attached hydrogens (tertiary/aromatic N) is 1. The molecule has 1 radical (unpaired) electrons. The van der Waals surface area contributed by atoms with Crippen molar-refractivity contribution in [2.24, 2.45) is 0 Å². The van der Waals surface area contributed by atoms with E-state index in [1.165, 1.54) is 12.1 Å². The molecule has 0 N–H and O–H groups in total. The van der Waals surface area contributed by atoms with E-state index in [4.69, 9.17) is 20.8 Å². The molecule has 135 valence electrons. The molecule has 2 rings (SSSR count). The largest absolute Gasteiger partial charge is 0.479 e. The molecule has 7 heteroatoms. The van der Waals surface area contributed by atoms with Gasteiger partial charge in [-0.2, -0.15) is 4.39 Å². The van der Waals surface area contributed by atoms with E-state index in [9.17, 15) is 9.18 Å². The molecule has 0 spiro atoms. The van der Waals surface area contributed by atoms with Gasteiger partial charge in [0, 0.05) is 18.6 Å². The third kappa shape index (κ3) is 5.52. The first-order valence-electron chi connectivity index (χ1n) is 7.69. The van der Waals surface area contributed by atoms with Crippen LogP contribution in [0.5, 0.6) is 17.2 Å². The van der Waals surface area contributed by atoms with Crippen LogP contribution in [0.3, 0.4) is 0 Å². The summed E-state index contributed by atoms with van der Waals surface area (Å²) in [4.78, 5) is 14.7. The monoisotopic (exact) mass is 394 g/mol. The van der Waals surface area contributed by atoms with E-state index in [2.05, 4.69) is 4.85 Å². The predicted octanol–water partition coefficient (Wildman–Crippen LogP) is 4.73. The van der Waals surface area contributed by atoms with Gasteiger partial charge in [-0.1, -0.05) is 17.7 Å². The number of hydrogen-bond donors (Lipinski definition) is 0. The molecule has 0 bridgehead atoms.